The van der Waals surface area contributed by atoms with E-state index in [4.69, 9.17) is 9.88 Å². The zero-order valence-corrected chi connectivity index (χ0v) is 11.9. The van der Waals surface area contributed by atoms with Gasteiger partial charge in [-0.3, -0.25) is 0 Å². The molecule has 2 N–H and O–H groups in total. The highest BCUT2D eigenvalue weighted by Gasteiger charge is 2.13. The van der Waals surface area contributed by atoms with Gasteiger partial charge in [0.2, 0.25) is 10.0 Å². The first-order valence-electron chi connectivity index (χ1n) is 6.02. The van der Waals surface area contributed by atoms with E-state index in [1.165, 1.54) is 0 Å². The molecule has 0 amide bonds. The Hall–Kier alpha value is -1.07. The van der Waals surface area contributed by atoms with Crippen LogP contribution in [0.3, 0.4) is 0 Å². The van der Waals surface area contributed by atoms with Crippen LogP contribution in [0.2, 0.25) is 0 Å². The number of ether oxygens (including phenoxy) is 1. The Morgan fingerprint density at radius 1 is 1.22 bits per heavy atom. The summed E-state index contributed by atoms with van der Waals surface area (Å²) in [5.74, 6) is 1.00. The van der Waals surface area contributed by atoms with Crippen LogP contribution in [0.5, 0.6) is 5.75 Å². The predicted octanol–water partition coefficient (Wildman–Crippen LogP) is 2.11. The van der Waals surface area contributed by atoms with E-state index in [-0.39, 0.29) is 11.7 Å². The van der Waals surface area contributed by atoms with Crippen LogP contribution in [-0.4, -0.2) is 20.8 Å². The molecule has 0 radical (unpaired) electrons. The van der Waals surface area contributed by atoms with Crippen molar-refractivity contribution in [3.8, 4) is 5.75 Å². The van der Waals surface area contributed by atoms with E-state index in [1.807, 2.05) is 31.2 Å². The maximum Gasteiger partial charge on any atom is 0.209 e. The zero-order valence-electron chi connectivity index (χ0n) is 11.1. The van der Waals surface area contributed by atoms with Gasteiger partial charge in [0.25, 0.3) is 0 Å². The van der Waals surface area contributed by atoms with Crippen molar-refractivity contribution in [1.29, 1.82) is 0 Å². The van der Waals surface area contributed by atoms with Gasteiger partial charge in [0.1, 0.15) is 5.75 Å². The molecule has 18 heavy (non-hydrogen) atoms. The van der Waals surface area contributed by atoms with E-state index in [0.717, 1.165) is 11.3 Å². The maximum atomic E-state index is 11.0. The Kier molecular flexibility index (Phi) is 5.16. The van der Waals surface area contributed by atoms with Crippen LogP contribution in [0.4, 0.5) is 0 Å². The van der Waals surface area contributed by atoms with E-state index in [0.29, 0.717) is 12.5 Å². The number of benzene rings is 1. The minimum Gasteiger partial charge on any atom is -0.493 e. The molecular weight excluding hydrogens is 250 g/mol. The van der Waals surface area contributed by atoms with Gasteiger partial charge >= 0.3 is 0 Å². The van der Waals surface area contributed by atoms with Crippen LogP contribution in [0.25, 0.3) is 0 Å². The number of nitrogens with two attached hydrogens (primary N) is 1. The largest absolute Gasteiger partial charge is 0.493 e. The lowest BCUT2D eigenvalue weighted by Gasteiger charge is -2.16. The van der Waals surface area contributed by atoms with Gasteiger partial charge in [-0.25, -0.2) is 13.6 Å². The minimum atomic E-state index is -3.43. The minimum absolute atomic E-state index is 0.0587. The summed E-state index contributed by atoms with van der Waals surface area (Å²) in [7, 11) is -3.43. The molecule has 102 valence electrons. The normalized spacial score (nSPS) is 13.6. The van der Waals surface area contributed by atoms with Gasteiger partial charge < -0.3 is 4.74 Å². The number of para-hydroxylation sites is 1. The molecular formula is C13H21NO3S. The first-order chi connectivity index (χ1) is 8.29. The SMILES string of the molecule is CC(COc1ccccc1C(C)C)CS(N)(=O)=O. The molecule has 1 aromatic carbocycles. The van der Waals surface area contributed by atoms with Crippen LogP contribution in [-0.2, 0) is 10.0 Å². The average Bonchev–Trinajstić information content (AvgIpc) is 2.24. The molecule has 1 rings (SSSR count). The first-order valence-corrected chi connectivity index (χ1v) is 7.73. The quantitative estimate of drug-likeness (QED) is 0.861. The fourth-order valence-electron chi connectivity index (χ4n) is 1.77. The number of hydrogen-bond donors (Lipinski definition) is 1. The van der Waals surface area contributed by atoms with E-state index in [2.05, 4.69) is 13.8 Å². The Morgan fingerprint density at radius 3 is 2.39 bits per heavy atom. The predicted molar refractivity (Wildman–Crippen MR) is 73.2 cm³/mol. The van der Waals surface area contributed by atoms with Crippen molar-refractivity contribution in [3.63, 3.8) is 0 Å². The van der Waals surface area contributed by atoms with Crippen LogP contribution < -0.4 is 9.88 Å². The first kappa shape index (κ1) is 15.0. The van der Waals surface area contributed by atoms with Crippen molar-refractivity contribution >= 4 is 10.0 Å². The molecule has 0 aromatic heterocycles. The van der Waals surface area contributed by atoms with Gasteiger partial charge in [-0.05, 0) is 17.5 Å². The van der Waals surface area contributed by atoms with E-state index in [9.17, 15) is 8.42 Å². The molecule has 0 spiro atoms. The van der Waals surface area contributed by atoms with Crippen LogP contribution in [0, 0.1) is 5.92 Å². The van der Waals surface area contributed by atoms with Crippen LogP contribution in [0.15, 0.2) is 24.3 Å². The second-order valence-corrected chi connectivity index (χ2v) is 6.60. The smallest absolute Gasteiger partial charge is 0.209 e. The van der Waals surface area contributed by atoms with Gasteiger partial charge in [0, 0.05) is 5.92 Å². The topological polar surface area (TPSA) is 69.4 Å². The number of primary sulfonamides is 1. The lowest BCUT2D eigenvalue weighted by Crippen LogP contribution is -2.25. The fourth-order valence-corrected chi connectivity index (χ4v) is 2.66. The van der Waals surface area contributed by atoms with Crippen LogP contribution in [0.1, 0.15) is 32.3 Å². The molecule has 1 aromatic rings. The van der Waals surface area contributed by atoms with E-state index in [1.54, 1.807) is 0 Å². The second-order valence-electron chi connectivity index (χ2n) is 4.94. The van der Waals surface area contributed by atoms with Gasteiger partial charge in [-0.15, -0.1) is 0 Å². The van der Waals surface area contributed by atoms with Crippen LogP contribution >= 0.6 is 0 Å². The molecule has 0 bridgehead atoms. The van der Waals surface area contributed by atoms with Gasteiger partial charge in [-0.1, -0.05) is 39.0 Å². The monoisotopic (exact) mass is 271 g/mol. The third-order valence-electron chi connectivity index (χ3n) is 2.58. The summed E-state index contributed by atoms with van der Waals surface area (Å²) in [4.78, 5) is 0. The summed E-state index contributed by atoms with van der Waals surface area (Å²) in [6.07, 6.45) is 0. The maximum absolute atomic E-state index is 11.0. The van der Waals surface area contributed by atoms with Gasteiger partial charge in [-0.2, -0.15) is 0 Å². The third-order valence-corrected chi connectivity index (χ3v) is 3.61. The Morgan fingerprint density at radius 2 is 1.83 bits per heavy atom. The highest BCUT2D eigenvalue weighted by molar-refractivity contribution is 7.89. The highest BCUT2D eigenvalue weighted by atomic mass is 32.2. The standard InChI is InChI=1S/C13H21NO3S/c1-10(2)12-6-4-5-7-13(12)17-8-11(3)9-18(14,15)16/h4-7,10-11H,8-9H2,1-3H3,(H2,14,15,16). The van der Waals surface area contributed by atoms with Crippen molar-refractivity contribution in [3.05, 3.63) is 29.8 Å². The van der Waals surface area contributed by atoms with Crippen molar-refractivity contribution in [2.45, 2.75) is 26.7 Å². The number of hydrogen-bond acceptors (Lipinski definition) is 3. The molecule has 0 aliphatic rings. The van der Waals surface area contributed by atoms with E-state index >= 15 is 0 Å². The summed E-state index contributed by atoms with van der Waals surface area (Å²) in [6, 6.07) is 7.80. The average molecular weight is 271 g/mol. The highest BCUT2D eigenvalue weighted by Crippen LogP contribution is 2.26. The summed E-state index contributed by atoms with van der Waals surface area (Å²) >= 11 is 0. The van der Waals surface area contributed by atoms with Gasteiger partial charge in [0.15, 0.2) is 0 Å². The Labute approximate surface area is 109 Å². The Balaban J connectivity index is 2.64. The van der Waals surface area contributed by atoms with Crippen molar-refractivity contribution in [2.24, 2.45) is 11.1 Å². The molecule has 4 nitrogen and oxygen atoms in total. The molecule has 5 heteroatoms. The lowest BCUT2D eigenvalue weighted by atomic mass is 10.0. The molecule has 1 unspecified atom stereocenters. The summed E-state index contributed by atoms with van der Waals surface area (Å²) in [6.45, 7) is 6.34. The summed E-state index contributed by atoms with van der Waals surface area (Å²) in [5.41, 5.74) is 1.13. The molecule has 0 aliphatic carbocycles. The second kappa shape index (κ2) is 6.20. The molecule has 0 heterocycles. The lowest BCUT2D eigenvalue weighted by molar-refractivity contribution is 0.268. The van der Waals surface area contributed by atoms with E-state index < -0.39 is 10.0 Å². The number of sulfonamides is 1. The fraction of sp³-hybridized carbons (Fsp3) is 0.538. The van der Waals surface area contributed by atoms with Crippen molar-refractivity contribution < 1.29 is 13.2 Å². The third kappa shape index (κ3) is 5.06. The molecule has 0 aliphatic heterocycles. The van der Waals surface area contributed by atoms with Crippen molar-refractivity contribution in [2.75, 3.05) is 12.4 Å². The van der Waals surface area contributed by atoms with Gasteiger partial charge in [0.05, 0.1) is 12.4 Å². The molecule has 0 fully saturated rings. The zero-order chi connectivity index (χ0) is 13.8. The Bertz CT molecular complexity index is 483. The molecule has 1 atom stereocenters. The number of rotatable bonds is 6. The summed E-state index contributed by atoms with van der Waals surface area (Å²) in [5, 5.41) is 5.00. The summed E-state index contributed by atoms with van der Waals surface area (Å²) < 4.78 is 27.6. The molecule has 0 saturated heterocycles. The molecule has 0 saturated carbocycles. The van der Waals surface area contributed by atoms with Crippen molar-refractivity contribution in [1.82, 2.24) is 0 Å².